The molecule has 5 nitrogen and oxygen atoms in total. The number of benzene rings is 1. The molecule has 96 valence electrons. The van der Waals surface area contributed by atoms with E-state index in [4.69, 9.17) is 4.74 Å². The number of esters is 1. The number of allylic oxidation sites excluding steroid dienone is 1. The van der Waals surface area contributed by atoms with Crippen molar-refractivity contribution < 1.29 is 14.6 Å². The zero-order valence-electron chi connectivity index (χ0n) is 10.1. The molecule has 1 rings (SSSR count). The second kappa shape index (κ2) is 7.10. The van der Waals surface area contributed by atoms with E-state index in [0.29, 0.717) is 5.69 Å². The SMILES string of the molecule is CCOC(=O)/C(N=Nc1ccc(I)cc1)=C(/C)O. The van der Waals surface area contributed by atoms with Gasteiger partial charge >= 0.3 is 5.97 Å². The van der Waals surface area contributed by atoms with Gasteiger partial charge in [-0.05, 0) is 60.7 Å². The summed E-state index contributed by atoms with van der Waals surface area (Å²) < 4.78 is 5.84. The highest BCUT2D eigenvalue weighted by molar-refractivity contribution is 14.1. The Morgan fingerprint density at radius 3 is 2.50 bits per heavy atom. The molecule has 1 aromatic rings. The molecule has 0 atom stereocenters. The maximum Gasteiger partial charge on any atom is 0.362 e. The molecule has 0 spiro atoms. The van der Waals surface area contributed by atoms with Crippen molar-refractivity contribution in [1.29, 1.82) is 0 Å². The minimum Gasteiger partial charge on any atom is -0.510 e. The minimum atomic E-state index is -0.688. The largest absolute Gasteiger partial charge is 0.510 e. The van der Waals surface area contributed by atoms with E-state index in [1.54, 1.807) is 19.1 Å². The molecule has 18 heavy (non-hydrogen) atoms. The average molecular weight is 360 g/mol. The van der Waals surface area contributed by atoms with Gasteiger partial charge in [-0.25, -0.2) is 4.79 Å². The smallest absolute Gasteiger partial charge is 0.362 e. The summed E-state index contributed by atoms with van der Waals surface area (Å²) in [5, 5.41) is 16.9. The third-order valence-corrected chi connectivity index (χ3v) is 2.62. The fraction of sp³-hybridized carbons (Fsp3) is 0.250. The van der Waals surface area contributed by atoms with Gasteiger partial charge in [0.2, 0.25) is 5.70 Å². The van der Waals surface area contributed by atoms with Gasteiger partial charge in [0.25, 0.3) is 0 Å². The molecule has 0 amide bonds. The molecule has 6 heteroatoms. The van der Waals surface area contributed by atoms with E-state index < -0.39 is 5.97 Å². The molecule has 0 aromatic heterocycles. The number of hydrogen-bond acceptors (Lipinski definition) is 5. The molecule has 0 aliphatic carbocycles. The first-order valence-electron chi connectivity index (χ1n) is 5.29. The highest BCUT2D eigenvalue weighted by Crippen LogP contribution is 2.17. The van der Waals surface area contributed by atoms with E-state index in [1.807, 2.05) is 12.1 Å². The highest BCUT2D eigenvalue weighted by atomic mass is 127. The van der Waals surface area contributed by atoms with Crippen LogP contribution in [0, 0.1) is 3.57 Å². The quantitative estimate of drug-likeness (QED) is 0.292. The molecule has 0 heterocycles. The van der Waals surface area contributed by atoms with E-state index in [2.05, 4.69) is 32.8 Å². The Morgan fingerprint density at radius 2 is 2.00 bits per heavy atom. The normalized spacial score (nSPS) is 12.4. The van der Waals surface area contributed by atoms with Crippen LogP contribution in [-0.2, 0) is 9.53 Å². The lowest BCUT2D eigenvalue weighted by atomic mass is 10.3. The summed E-state index contributed by atoms with van der Waals surface area (Å²) in [5.74, 6) is -0.908. The Hall–Kier alpha value is -1.44. The molecule has 1 N–H and O–H groups in total. The first-order valence-corrected chi connectivity index (χ1v) is 6.36. The van der Waals surface area contributed by atoms with Gasteiger partial charge in [0.1, 0.15) is 5.76 Å². The number of carbonyl (C=O) groups is 1. The molecule has 0 radical (unpaired) electrons. The maximum absolute atomic E-state index is 11.5. The van der Waals surface area contributed by atoms with Crippen LogP contribution in [0.15, 0.2) is 46.0 Å². The summed E-state index contributed by atoms with van der Waals surface area (Å²) in [5.41, 5.74) is 0.411. The van der Waals surface area contributed by atoms with Gasteiger partial charge in [-0.15, -0.1) is 5.11 Å². The molecular weight excluding hydrogens is 347 g/mol. The molecule has 0 aliphatic rings. The van der Waals surface area contributed by atoms with Crippen LogP contribution in [0.25, 0.3) is 0 Å². The lowest BCUT2D eigenvalue weighted by Crippen LogP contribution is -2.07. The van der Waals surface area contributed by atoms with Crippen molar-refractivity contribution in [3.8, 4) is 0 Å². The van der Waals surface area contributed by atoms with E-state index in [-0.39, 0.29) is 18.1 Å². The van der Waals surface area contributed by atoms with Crippen molar-refractivity contribution in [2.45, 2.75) is 13.8 Å². The van der Waals surface area contributed by atoms with Gasteiger partial charge in [0.05, 0.1) is 12.3 Å². The molecular formula is C12H13IN2O3. The molecule has 0 bridgehead atoms. The second-order valence-corrected chi connectivity index (χ2v) is 4.58. The predicted octanol–water partition coefficient (Wildman–Crippen LogP) is 3.73. The molecule has 0 aliphatic heterocycles. The van der Waals surface area contributed by atoms with E-state index in [0.717, 1.165) is 3.57 Å². The number of nitrogens with zero attached hydrogens (tertiary/aromatic N) is 2. The summed E-state index contributed by atoms with van der Waals surface area (Å²) in [7, 11) is 0. The van der Waals surface area contributed by atoms with Crippen molar-refractivity contribution >= 4 is 34.2 Å². The van der Waals surface area contributed by atoms with Crippen LogP contribution >= 0.6 is 22.6 Å². The molecule has 0 unspecified atom stereocenters. The maximum atomic E-state index is 11.5. The van der Waals surface area contributed by atoms with Crippen LogP contribution in [0.3, 0.4) is 0 Å². The van der Waals surface area contributed by atoms with Gasteiger partial charge in [-0.1, -0.05) is 0 Å². The molecule has 0 fully saturated rings. The Kier molecular flexibility index (Phi) is 5.76. The number of aliphatic hydroxyl groups excluding tert-OH is 1. The van der Waals surface area contributed by atoms with E-state index in [9.17, 15) is 9.90 Å². The molecule has 0 saturated carbocycles. The lowest BCUT2D eigenvalue weighted by Gasteiger charge is -2.01. The Morgan fingerprint density at radius 1 is 1.39 bits per heavy atom. The van der Waals surface area contributed by atoms with E-state index >= 15 is 0 Å². The van der Waals surface area contributed by atoms with Crippen molar-refractivity contribution in [3.63, 3.8) is 0 Å². The number of rotatable bonds is 4. The summed E-state index contributed by atoms with van der Waals surface area (Å²) >= 11 is 2.17. The van der Waals surface area contributed by atoms with Crippen LogP contribution < -0.4 is 0 Å². The van der Waals surface area contributed by atoms with Gasteiger partial charge < -0.3 is 9.84 Å². The fourth-order valence-electron chi connectivity index (χ4n) is 1.08. The van der Waals surface area contributed by atoms with Crippen LogP contribution in [0.2, 0.25) is 0 Å². The van der Waals surface area contributed by atoms with Crippen molar-refractivity contribution in [3.05, 3.63) is 39.3 Å². The average Bonchev–Trinajstić information content (AvgIpc) is 2.31. The number of hydrogen-bond donors (Lipinski definition) is 1. The van der Waals surface area contributed by atoms with E-state index in [1.165, 1.54) is 6.92 Å². The van der Waals surface area contributed by atoms with Crippen LogP contribution in [0.5, 0.6) is 0 Å². The summed E-state index contributed by atoms with van der Waals surface area (Å²) in [4.78, 5) is 11.5. The Labute approximate surface area is 119 Å². The van der Waals surface area contributed by atoms with Crippen LogP contribution in [0.4, 0.5) is 5.69 Å². The predicted molar refractivity (Wildman–Crippen MR) is 75.6 cm³/mol. The van der Waals surface area contributed by atoms with Gasteiger partial charge in [-0.2, -0.15) is 5.11 Å². The summed E-state index contributed by atoms with van der Waals surface area (Å²) in [6, 6.07) is 7.27. The first kappa shape index (κ1) is 14.6. The Bertz CT molecular complexity index is 477. The summed E-state index contributed by atoms with van der Waals surface area (Å²) in [6.45, 7) is 3.26. The van der Waals surface area contributed by atoms with Gasteiger partial charge in [0.15, 0.2) is 0 Å². The highest BCUT2D eigenvalue weighted by Gasteiger charge is 2.13. The number of ether oxygens (including phenoxy) is 1. The van der Waals surface area contributed by atoms with Gasteiger partial charge in [-0.3, -0.25) is 0 Å². The van der Waals surface area contributed by atoms with Crippen molar-refractivity contribution in [1.82, 2.24) is 0 Å². The van der Waals surface area contributed by atoms with Crippen molar-refractivity contribution in [2.24, 2.45) is 10.2 Å². The first-order chi connectivity index (χ1) is 8.54. The van der Waals surface area contributed by atoms with Gasteiger partial charge in [0, 0.05) is 3.57 Å². The van der Waals surface area contributed by atoms with Crippen LogP contribution in [0.1, 0.15) is 13.8 Å². The lowest BCUT2D eigenvalue weighted by molar-refractivity contribution is -0.138. The number of halogens is 1. The zero-order valence-corrected chi connectivity index (χ0v) is 12.2. The van der Waals surface area contributed by atoms with Crippen molar-refractivity contribution in [2.75, 3.05) is 6.61 Å². The summed E-state index contributed by atoms with van der Waals surface area (Å²) in [6.07, 6.45) is 0. The molecule has 0 saturated heterocycles. The third kappa shape index (κ3) is 4.44. The second-order valence-electron chi connectivity index (χ2n) is 3.33. The zero-order chi connectivity index (χ0) is 13.5. The number of azo groups is 1. The fourth-order valence-corrected chi connectivity index (χ4v) is 1.44. The minimum absolute atomic E-state index is 0.185. The third-order valence-electron chi connectivity index (χ3n) is 1.90. The standard InChI is InChI=1S/C12H13IN2O3/c1-3-18-12(17)11(8(2)16)15-14-10-6-4-9(13)5-7-10/h4-7,16H,3H2,1-2H3/b11-8+,15-14?. The number of aliphatic hydroxyl groups is 1. The topological polar surface area (TPSA) is 71.2 Å². The Balaban J connectivity index is 2.88. The number of carbonyl (C=O) groups excluding carboxylic acids is 1. The van der Waals surface area contributed by atoms with Crippen LogP contribution in [-0.4, -0.2) is 17.7 Å². The molecule has 1 aromatic carbocycles. The monoisotopic (exact) mass is 360 g/mol.